The molecule has 164 valence electrons. The largest absolute Gasteiger partial charge is 0.417 e. The number of pyridine rings is 1. The predicted molar refractivity (Wildman–Crippen MR) is 114 cm³/mol. The monoisotopic (exact) mass is 486 g/mol. The maximum atomic E-state index is 13.1. The molecule has 11 heteroatoms. The maximum Gasteiger partial charge on any atom is 0.417 e. The van der Waals surface area contributed by atoms with Crippen LogP contribution in [0.5, 0.6) is 0 Å². The molecule has 1 aromatic carbocycles. The van der Waals surface area contributed by atoms with E-state index >= 15 is 0 Å². The highest BCUT2D eigenvalue weighted by Crippen LogP contribution is 2.32. The Labute approximate surface area is 185 Å². The minimum Gasteiger partial charge on any atom is -0.347 e. The van der Waals surface area contributed by atoms with Gasteiger partial charge in [-0.2, -0.15) is 13.2 Å². The first-order valence-electron chi connectivity index (χ1n) is 8.95. The SMILES string of the molecule is O=C(NCc1cccs1)c1cc(C(F)(F)F)cnc1SCCS(=O)(=O)c1ccccc1. The first-order chi connectivity index (χ1) is 14.7. The van der Waals surface area contributed by atoms with Crippen LogP contribution in [0.3, 0.4) is 0 Å². The van der Waals surface area contributed by atoms with Crippen molar-refractivity contribution in [3.63, 3.8) is 0 Å². The Morgan fingerprint density at radius 1 is 1.13 bits per heavy atom. The summed E-state index contributed by atoms with van der Waals surface area (Å²) in [6.45, 7) is 0.166. The molecule has 3 rings (SSSR count). The van der Waals surface area contributed by atoms with Crippen molar-refractivity contribution in [2.75, 3.05) is 11.5 Å². The van der Waals surface area contributed by atoms with E-state index in [0.717, 1.165) is 22.7 Å². The molecule has 0 atom stereocenters. The third-order valence-corrected chi connectivity index (χ3v) is 7.99. The molecule has 0 fully saturated rings. The van der Waals surface area contributed by atoms with E-state index in [2.05, 4.69) is 10.3 Å². The van der Waals surface area contributed by atoms with E-state index in [1.165, 1.54) is 23.5 Å². The quantitative estimate of drug-likeness (QED) is 0.469. The predicted octanol–water partition coefficient (Wildman–Crippen LogP) is 4.66. The highest BCUT2D eigenvalue weighted by atomic mass is 32.2. The highest BCUT2D eigenvalue weighted by Gasteiger charge is 2.32. The number of hydrogen-bond acceptors (Lipinski definition) is 6. The van der Waals surface area contributed by atoms with Gasteiger partial charge in [0, 0.05) is 16.8 Å². The van der Waals surface area contributed by atoms with Gasteiger partial charge in [0.05, 0.1) is 28.3 Å². The van der Waals surface area contributed by atoms with Crippen LogP contribution in [-0.2, 0) is 22.6 Å². The van der Waals surface area contributed by atoms with E-state index in [1.807, 2.05) is 5.38 Å². The van der Waals surface area contributed by atoms with E-state index in [-0.39, 0.29) is 33.5 Å². The molecule has 0 unspecified atom stereocenters. The lowest BCUT2D eigenvalue weighted by Gasteiger charge is -2.12. The van der Waals surface area contributed by atoms with Crippen LogP contribution in [0, 0.1) is 0 Å². The Morgan fingerprint density at radius 2 is 1.87 bits per heavy atom. The van der Waals surface area contributed by atoms with Crippen molar-refractivity contribution >= 4 is 38.8 Å². The Bertz CT molecular complexity index is 1130. The number of rotatable bonds is 8. The molecule has 0 bridgehead atoms. The maximum absolute atomic E-state index is 13.1. The van der Waals surface area contributed by atoms with Crippen LogP contribution in [0.1, 0.15) is 20.8 Å². The van der Waals surface area contributed by atoms with Crippen LogP contribution in [0.4, 0.5) is 13.2 Å². The molecular formula is C20H17F3N2O3S3. The number of nitrogens with zero attached hydrogens (tertiary/aromatic N) is 1. The van der Waals surface area contributed by atoms with Gasteiger partial charge in [0.15, 0.2) is 9.84 Å². The number of thiophene rings is 1. The summed E-state index contributed by atoms with van der Waals surface area (Å²) in [4.78, 5) is 17.4. The van der Waals surface area contributed by atoms with E-state index in [4.69, 9.17) is 0 Å². The summed E-state index contributed by atoms with van der Waals surface area (Å²) >= 11 is 2.33. The molecule has 2 heterocycles. The molecule has 0 saturated carbocycles. The minimum atomic E-state index is -4.66. The molecular weight excluding hydrogens is 469 g/mol. The molecule has 0 aliphatic carbocycles. The van der Waals surface area contributed by atoms with Gasteiger partial charge in [-0.3, -0.25) is 4.79 Å². The van der Waals surface area contributed by atoms with Crippen molar-refractivity contribution in [2.24, 2.45) is 0 Å². The molecule has 2 aromatic heterocycles. The zero-order valence-electron chi connectivity index (χ0n) is 15.9. The fraction of sp³-hybridized carbons (Fsp3) is 0.200. The summed E-state index contributed by atoms with van der Waals surface area (Å²) in [5.74, 6) is -0.929. The molecule has 1 amide bonds. The molecule has 3 aromatic rings. The number of carbonyl (C=O) groups is 1. The molecule has 5 nitrogen and oxygen atoms in total. The van der Waals surface area contributed by atoms with E-state index < -0.39 is 27.5 Å². The van der Waals surface area contributed by atoms with E-state index in [9.17, 15) is 26.4 Å². The fourth-order valence-corrected chi connectivity index (χ4v) is 5.85. The lowest BCUT2D eigenvalue weighted by Crippen LogP contribution is -2.24. The van der Waals surface area contributed by atoms with Gasteiger partial charge < -0.3 is 5.32 Å². The van der Waals surface area contributed by atoms with E-state index in [1.54, 1.807) is 30.3 Å². The molecule has 1 N–H and O–H groups in total. The summed E-state index contributed by atoms with van der Waals surface area (Å²) in [6.07, 6.45) is -4.01. The van der Waals surface area contributed by atoms with Gasteiger partial charge in [0.25, 0.3) is 5.91 Å². The zero-order chi connectivity index (χ0) is 22.5. The van der Waals surface area contributed by atoms with Crippen molar-refractivity contribution in [2.45, 2.75) is 22.6 Å². The number of halogens is 3. The van der Waals surface area contributed by atoms with Crippen molar-refractivity contribution < 1.29 is 26.4 Å². The number of aromatic nitrogens is 1. The number of amides is 1. The van der Waals surface area contributed by atoms with Crippen molar-refractivity contribution in [3.05, 3.63) is 76.1 Å². The summed E-state index contributed by atoms with van der Waals surface area (Å²) < 4.78 is 64.1. The summed E-state index contributed by atoms with van der Waals surface area (Å²) in [6, 6.07) is 12.2. The van der Waals surface area contributed by atoms with Gasteiger partial charge in [0.1, 0.15) is 5.03 Å². The molecule has 0 aliphatic rings. The van der Waals surface area contributed by atoms with Gasteiger partial charge in [-0.25, -0.2) is 13.4 Å². The smallest absolute Gasteiger partial charge is 0.347 e. The molecule has 0 saturated heterocycles. The molecule has 0 spiro atoms. The second-order valence-corrected chi connectivity index (χ2v) is 10.5. The number of alkyl halides is 3. The first kappa shape index (κ1) is 23.3. The number of thioether (sulfide) groups is 1. The lowest BCUT2D eigenvalue weighted by molar-refractivity contribution is -0.137. The van der Waals surface area contributed by atoms with Gasteiger partial charge in [-0.1, -0.05) is 24.3 Å². The van der Waals surface area contributed by atoms with Crippen LogP contribution in [0.25, 0.3) is 0 Å². The Hall–Kier alpha value is -2.37. The number of nitrogens with one attached hydrogen (secondary N) is 1. The average Bonchev–Trinajstić information content (AvgIpc) is 3.25. The highest BCUT2D eigenvalue weighted by molar-refractivity contribution is 8.00. The van der Waals surface area contributed by atoms with Crippen LogP contribution < -0.4 is 5.32 Å². The average molecular weight is 487 g/mol. The van der Waals surface area contributed by atoms with Gasteiger partial charge in [-0.15, -0.1) is 23.1 Å². The van der Waals surface area contributed by atoms with Crippen molar-refractivity contribution in [1.29, 1.82) is 0 Å². The normalized spacial score (nSPS) is 12.0. The molecule has 31 heavy (non-hydrogen) atoms. The number of benzene rings is 1. The van der Waals surface area contributed by atoms with Gasteiger partial charge in [0.2, 0.25) is 0 Å². The van der Waals surface area contributed by atoms with Crippen LogP contribution in [0.2, 0.25) is 0 Å². The summed E-state index contributed by atoms with van der Waals surface area (Å²) in [5, 5.41) is 4.45. The minimum absolute atomic E-state index is 0.0286. The third-order valence-electron chi connectivity index (χ3n) is 4.12. The number of hydrogen-bond donors (Lipinski definition) is 1. The van der Waals surface area contributed by atoms with Crippen molar-refractivity contribution in [3.8, 4) is 0 Å². The Morgan fingerprint density at radius 3 is 2.52 bits per heavy atom. The number of sulfone groups is 1. The lowest BCUT2D eigenvalue weighted by atomic mass is 10.2. The Kier molecular flexibility index (Phi) is 7.39. The van der Waals surface area contributed by atoms with Gasteiger partial charge in [-0.05, 0) is 29.6 Å². The van der Waals surface area contributed by atoms with Crippen LogP contribution in [-0.4, -0.2) is 30.8 Å². The fourth-order valence-electron chi connectivity index (χ4n) is 2.55. The second-order valence-electron chi connectivity index (χ2n) is 6.32. The summed E-state index contributed by atoms with van der Waals surface area (Å²) in [7, 11) is -3.56. The second kappa shape index (κ2) is 9.84. The van der Waals surface area contributed by atoms with Gasteiger partial charge >= 0.3 is 6.18 Å². The topological polar surface area (TPSA) is 76.1 Å². The zero-order valence-corrected chi connectivity index (χ0v) is 18.4. The standard InChI is InChI=1S/C20H17F3N2O3S3/c21-20(22,23)14-11-17(18(26)24-13-15-5-4-8-29-15)19(25-12-14)30-9-10-31(27,28)16-6-2-1-3-7-16/h1-8,11-12H,9-10,13H2,(H,24,26). The molecule has 0 radical (unpaired) electrons. The van der Waals surface area contributed by atoms with E-state index in [0.29, 0.717) is 6.20 Å². The van der Waals surface area contributed by atoms with Crippen LogP contribution in [0.15, 0.2) is 70.0 Å². The Balaban J connectivity index is 1.76. The van der Waals surface area contributed by atoms with Crippen molar-refractivity contribution in [1.82, 2.24) is 10.3 Å². The molecule has 0 aliphatic heterocycles. The van der Waals surface area contributed by atoms with Crippen LogP contribution >= 0.6 is 23.1 Å². The number of carbonyl (C=O) groups excluding carboxylic acids is 1. The third kappa shape index (κ3) is 6.31. The summed E-state index contributed by atoms with van der Waals surface area (Å²) in [5.41, 5.74) is -1.29. The first-order valence-corrected chi connectivity index (χ1v) is 12.5.